The Kier molecular flexibility index (Phi) is 3.13. The van der Waals surface area contributed by atoms with E-state index in [9.17, 15) is 5.11 Å². The average Bonchev–Trinajstić information content (AvgIpc) is 2.82. The second-order valence-corrected chi connectivity index (χ2v) is 4.99. The standard InChI is InChI=1S/C16H17NO2/c17-15(9-11-4-3-5-12(18)8-11)14-10-19-16-7-2-1-6-13(14)16/h1-8,14-15,18H,9-10,17H2. The van der Waals surface area contributed by atoms with Crippen LogP contribution >= 0.6 is 0 Å². The second kappa shape index (κ2) is 4.94. The summed E-state index contributed by atoms with van der Waals surface area (Å²) in [4.78, 5) is 0. The first-order valence-electron chi connectivity index (χ1n) is 6.49. The summed E-state index contributed by atoms with van der Waals surface area (Å²) >= 11 is 0. The van der Waals surface area contributed by atoms with Crippen molar-refractivity contribution in [3.8, 4) is 11.5 Å². The molecule has 0 radical (unpaired) electrons. The molecule has 3 heteroatoms. The largest absolute Gasteiger partial charge is 0.508 e. The first-order valence-corrected chi connectivity index (χ1v) is 6.49. The first kappa shape index (κ1) is 12.1. The van der Waals surface area contributed by atoms with Gasteiger partial charge in [-0.15, -0.1) is 0 Å². The molecule has 1 heterocycles. The number of aromatic hydroxyl groups is 1. The van der Waals surface area contributed by atoms with E-state index in [1.165, 1.54) is 5.56 Å². The molecule has 19 heavy (non-hydrogen) atoms. The lowest BCUT2D eigenvalue weighted by atomic mass is 9.90. The number of phenolic OH excluding ortho intramolecular Hbond substituents is 1. The van der Waals surface area contributed by atoms with Gasteiger partial charge in [0.05, 0.1) is 6.61 Å². The van der Waals surface area contributed by atoms with E-state index in [4.69, 9.17) is 10.5 Å². The van der Waals surface area contributed by atoms with Crippen molar-refractivity contribution < 1.29 is 9.84 Å². The number of ether oxygens (including phenoxy) is 1. The molecule has 0 bridgehead atoms. The Morgan fingerprint density at radius 3 is 2.89 bits per heavy atom. The summed E-state index contributed by atoms with van der Waals surface area (Å²) in [7, 11) is 0. The fourth-order valence-corrected chi connectivity index (χ4v) is 2.64. The van der Waals surface area contributed by atoms with Crippen LogP contribution in [-0.2, 0) is 6.42 Å². The molecule has 2 aromatic rings. The fraction of sp³-hybridized carbons (Fsp3) is 0.250. The molecule has 2 atom stereocenters. The molecule has 1 aliphatic rings. The van der Waals surface area contributed by atoms with Gasteiger partial charge < -0.3 is 15.6 Å². The highest BCUT2D eigenvalue weighted by molar-refractivity contribution is 5.41. The van der Waals surface area contributed by atoms with E-state index in [1.807, 2.05) is 30.3 Å². The van der Waals surface area contributed by atoms with E-state index >= 15 is 0 Å². The van der Waals surface area contributed by atoms with Gasteiger partial charge in [-0.1, -0.05) is 30.3 Å². The molecular weight excluding hydrogens is 238 g/mol. The Morgan fingerprint density at radius 2 is 2.05 bits per heavy atom. The van der Waals surface area contributed by atoms with E-state index in [-0.39, 0.29) is 17.7 Å². The van der Waals surface area contributed by atoms with E-state index < -0.39 is 0 Å². The molecule has 0 aliphatic carbocycles. The molecule has 0 amide bonds. The quantitative estimate of drug-likeness (QED) is 0.885. The van der Waals surface area contributed by atoms with Crippen LogP contribution in [0, 0.1) is 0 Å². The van der Waals surface area contributed by atoms with Crippen molar-refractivity contribution in [2.24, 2.45) is 5.73 Å². The number of benzene rings is 2. The smallest absolute Gasteiger partial charge is 0.122 e. The number of para-hydroxylation sites is 1. The number of phenols is 1. The maximum Gasteiger partial charge on any atom is 0.122 e. The minimum atomic E-state index is -0.00884. The maximum atomic E-state index is 9.48. The van der Waals surface area contributed by atoms with Crippen LogP contribution < -0.4 is 10.5 Å². The van der Waals surface area contributed by atoms with Crippen LogP contribution in [0.15, 0.2) is 48.5 Å². The monoisotopic (exact) mass is 255 g/mol. The zero-order valence-corrected chi connectivity index (χ0v) is 10.6. The van der Waals surface area contributed by atoms with Gasteiger partial charge in [0.25, 0.3) is 0 Å². The van der Waals surface area contributed by atoms with Gasteiger partial charge in [-0.25, -0.2) is 0 Å². The van der Waals surface area contributed by atoms with Gasteiger partial charge in [0.1, 0.15) is 11.5 Å². The van der Waals surface area contributed by atoms with Gasteiger partial charge >= 0.3 is 0 Å². The molecule has 0 aromatic heterocycles. The van der Waals surface area contributed by atoms with E-state index in [0.29, 0.717) is 6.61 Å². The minimum absolute atomic E-state index is 0.00884. The highest BCUT2D eigenvalue weighted by atomic mass is 16.5. The van der Waals surface area contributed by atoms with Crippen LogP contribution in [0.5, 0.6) is 11.5 Å². The highest BCUT2D eigenvalue weighted by Crippen LogP contribution is 2.35. The molecule has 3 rings (SSSR count). The van der Waals surface area contributed by atoms with Gasteiger partial charge in [-0.2, -0.15) is 0 Å². The third-order valence-electron chi connectivity index (χ3n) is 3.64. The third-order valence-corrected chi connectivity index (χ3v) is 3.64. The van der Waals surface area contributed by atoms with Crippen LogP contribution in [-0.4, -0.2) is 17.8 Å². The number of rotatable bonds is 3. The summed E-state index contributed by atoms with van der Waals surface area (Å²) in [5, 5.41) is 9.48. The van der Waals surface area contributed by atoms with Crippen LogP contribution in [0.4, 0.5) is 0 Å². The Labute approximate surface area is 112 Å². The molecule has 1 aliphatic heterocycles. The number of nitrogens with two attached hydrogens (primary N) is 1. The SMILES string of the molecule is NC(Cc1cccc(O)c1)C1COc2ccccc21. The van der Waals surface area contributed by atoms with Crippen molar-refractivity contribution in [3.05, 3.63) is 59.7 Å². The zero-order chi connectivity index (χ0) is 13.2. The van der Waals surface area contributed by atoms with Crippen molar-refractivity contribution in [2.45, 2.75) is 18.4 Å². The van der Waals surface area contributed by atoms with Crippen LogP contribution in [0.2, 0.25) is 0 Å². The summed E-state index contributed by atoms with van der Waals surface area (Å²) in [6, 6.07) is 15.3. The van der Waals surface area contributed by atoms with E-state index in [1.54, 1.807) is 12.1 Å². The van der Waals surface area contributed by atoms with Crippen molar-refractivity contribution in [1.82, 2.24) is 0 Å². The molecule has 3 N–H and O–H groups in total. The van der Waals surface area contributed by atoms with Crippen LogP contribution in [0.25, 0.3) is 0 Å². The van der Waals surface area contributed by atoms with Gasteiger partial charge in [0, 0.05) is 17.5 Å². The van der Waals surface area contributed by atoms with Crippen molar-refractivity contribution >= 4 is 0 Å². The molecular formula is C16H17NO2. The Morgan fingerprint density at radius 1 is 1.21 bits per heavy atom. The van der Waals surface area contributed by atoms with E-state index in [0.717, 1.165) is 17.7 Å². The normalized spacial score (nSPS) is 18.7. The highest BCUT2D eigenvalue weighted by Gasteiger charge is 2.28. The Hall–Kier alpha value is -2.00. The lowest BCUT2D eigenvalue weighted by Crippen LogP contribution is -2.31. The molecule has 0 saturated heterocycles. The summed E-state index contributed by atoms with van der Waals surface area (Å²) in [6.45, 7) is 0.638. The predicted octanol–water partition coefficient (Wildman–Crippen LogP) is 2.44. The number of fused-ring (bicyclic) bond motifs is 1. The summed E-state index contributed by atoms with van der Waals surface area (Å²) in [5.74, 6) is 1.45. The van der Waals surface area contributed by atoms with Crippen LogP contribution in [0.3, 0.4) is 0 Å². The first-order chi connectivity index (χ1) is 9.24. The summed E-state index contributed by atoms with van der Waals surface area (Å²) in [6.07, 6.45) is 0.733. The average molecular weight is 255 g/mol. The number of hydrogen-bond donors (Lipinski definition) is 2. The molecule has 0 saturated carbocycles. The number of hydrogen-bond acceptors (Lipinski definition) is 3. The third kappa shape index (κ3) is 2.42. The maximum absolute atomic E-state index is 9.48. The van der Waals surface area contributed by atoms with Crippen molar-refractivity contribution in [1.29, 1.82) is 0 Å². The van der Waals surface area contributed by atoms with Gasteiger partial charge in [0.2, 0.25) is 0 Å². The molecule has 0 fully saturated rings. The van der Waals surface area contributed by atoms with Crippen LogP contribution in [0.1, 0.15) is 17.0 Å². The predicted molar refractivity (Wildman–Crippen MR) is 74.5 cm³/mol. The molecule has 3 nitrogen and oxygen atoms in total. The molecule has 0 spiro atoms. The molecule has 2 unspecified atom stereocenters. The summed E-state index contributed by atoms with van der Waals surface area (Å²) in [5.41, 5.74) is 8.56. The van der Waals surface area contributed by atoms with Gasteiger partial charge in [-0.3, -0.25) is 0 Å². The van der Waals surface area contributed by atoms with E-state index in [2.05, 4.69) is 6.07 Å². The summed E-state index contributed by atoms with van der Waals surface area (Å²) < 4.78 is 5.66. The fourth-order valence-electron chi connectivity index (χ4n) is 2.64. The van der Waals surface area contributed by atoms with Crippen molar-refractivity contribution in [2.75, 3.05) is 6.61 Å². The minimum Gasteiger partial charge on any atom is -0.508 e. The Bertz CT molecular complexity index is 582. The molecule has 2 aromatic carbocycles. The Balaban J connectivity index is 1.77. The van der Waals surface area contributed by atoms with Crippen molar-refractivity contribution in [3.63, 3.8) is 0 Å². The molecule has 98 valence electrons. The lowest BCUT2D eigenvalue weighted by molar-refractivity contribution is 0.313. The lowest BCUT2D eigenvalue weighted by Gasteiger charge is -2.18. The topological polar surface area (TPSA) is 55.5 Å². The zero-order valence-electron chi connectivity index (χ0n) is 10.6. The second-order valence-electron chi connectivity index (χ2n) is 4.99. The van der Waals surface area contributed by atoms with Gasteiger partial charge in [-0.05, 0) is 30.2 Å². The van der Waals surface area contributed by atoms with Gasteiger partial charge in [0.15, 0.2) is 0 Å².